The fourth-order valence-corrected chi connectivity index (χ4v) is 3.22. The van der Waals surface area contributed by atoms with Crippen molar-refractivity contribution in [2.45, 2.75) is 25.3 Å². The Bertz CT molecular complexity index is 657. The molecule has 4 nitrogen and oxygen atoms in total. The molecule has 2 aromatic rings. The molecule has 2 heterocycles. The normalized spacial score (nSPS) is 18.6. The second-order valence-corrected chi connectivity index (χ2v) is 6.26. The largest absolute Gasteiger partial charge is 0.340 e. The molecule has 1 fully saturated rings. The summed E-state index contributed by atoms with van der Waals surface area (Å²) < 4.78 is 13.3. The Morgan fingerprint density at radius 2 is 2.43 bits per heavy atom. The van der Waals surface area contributed by atoms with Crippen LogP contribution in [0.1, 0.15) is 31.1 Å². The first kappa shape index (κ1) is 14.4. The molecule has 1 N–H and O–H groups in total. The van der Waals surface area contributed by atoms with Crippen LogP contribution < -0.4 is 0 Å². The van der Waals surface area contributed by atoms with Gasteiger partial charge >= 0.3 is 0 Å². The molecule has 1 aromatic heterocycles. The van der Waals surface area contributed by atoms with Gasteiger partial charge < -0.3 is 9.88 Å². The van der Waals surface area contributed by atoms with Crippen LogP contribution in [0.2, 0.25) is 0 Å². The lowest BCUT2D eigenvalue weighted by Gasteiger charge is -2.23. The van der Waals surface area contributed by atoms with E-state index in [2.05, 4.69) is 9.97 Å². The van der Waals surface area contributed by atoms with Crippen molar-refractivity contribution in [1.29, 1.82) is 0 Å². The fraction of sp³-hybridized carbons (Fsp3) is 0.467. The predicted octanol–water partition coefficient (Wildman–Crippen LogP) is 3.12. The van der Waals surface area contributed by atoms with E-state index in [9.17, 15) is 9.18 Å². The molecule has 6 heteroatoms. The van der Waals surface area contributed by atoms with Gasteiger partial charge in [-0.05, 0) is 37.3 Å². The van der Waals surface area contributed by atoms with Crippen LogP contribution in [0.4, 0.5) is 4.39 Å². The van der Waals surface area contributed by atoms with E-state index < -0.39 is 0 Å². The number of benzene rings is 1. The van der Waals surface area contributed by atoms with Crippen LogP contribution in [0.15, 0.2) is 18.2 Å². The predicted molar refractivity (Wildman–Crippen MR) is 82.7 cm³/mol. The van der Waals surface area contributed by atoms with E-state index in [1.54, 1.807) is 17.8 Å². The molecule has 3 rings (SSSR count). The number of carbonyl (C=O) groups is 1. The molecule has 0 spiro atoms. The molecule has 1 atom stereocenters. The minimum atomic E-state index is -0.281. The van der Waals surface area contributed by atoms with E-state index >= 15 is 0 Å². The Hall–Kier alpha value is -1.56. The molecule has 0 saturated carbocycles. The number of hydrogen-bond acceptors (Lipinski definition) is 3. The number of hydrogen-bond donors (Lipinski definition) is 1. The number of halogens is 1. The molecule has 1 aliphatic heterocycles. The maximum absolute atomic E-state index is 13.3. The summed E-state index contributed by atoms with van der Waals surface area (Å²) in [5, 5.41) is 0. The van der Waals surface area contributed by atoms with Gasteiger partial charge in [0.15, 0.2) is 0 Å². The number of amides is 1. The van der Waals surface area contributed by atoms with E-state index in [0.717, 1.165) is 36.5 Å². The average Bonchev–Trinajstić information content (AvgIpc) is 3.09. The van der Waals surface area contributed by atoms with E-state index in [4.69, 9.17) is 0 Å². The van der Waals surface area contributed by atoms with Crippen molar-refractivity contribution in [3.05, 3.63) is 29.8 Å². The maximum atomic E-state index is 13.3. The highest BCUT2D eigenvalue weighted by Gasteiger charge is 2.31. The van der Waals surface area contributed by atoms with Crippen molar-refractivity contribution >= 4 is 28.7 Å². The molecule has 0 aliphatic carbocycles. The lowest BCUT2D eigenvalue weighted by atomic mass is 10.2. The molecule has 0 bridgehead atoms. The maximum Gasteiger partial charge on any atom is 0.224 e. The minimum absolute atomic E-state index is 0.00480. The van der Waals surface area contributed by atoms with Crippen LogP contribution >= 0.6 is 11.8 Å². The van der Waals surface area contributed by atoms with Crippen LogP contribution in [0.3, 0.4) is 0 Å². The summed E-state index contributed by atoms with van der Waals surface area (Å²) in [7, 11) is 0. The number of aromatic amines is 1. The number of fused-ring (bicyclic) bond motifs is 1. The Kier molecular flexibility index (Phi) is 4.14. The second kappa shape index (κ2) is 6.05. The van der Waals surface area contributed by atoms with Gasteiger partial charge in [0.2, 0.25) is 5.91 Å². The Balaban J connectivity index is 1.84. The molecular weight excluding hydrogens is 289 g/mol. The van der Waals surface area contributed by atoms with E-state index in [1.165, 1.54) is 12.1 Å². The standard InChI is InChI=1S/C15H18FN3OS/c1-21-8-6-14(20)19-7-2-3-13(19)15-17-11-5-4-10(16)9-12(11)18-15/h4-5,9,13H,2-3,6-8H2,1H3,(H,17,18). The van der Waals surface area contributed by atoms with Gasteiger partial charge in [-0.1, -0.05) is 0 Å². The summed E-state index contributed by atoms with van der Waals surface area (Å²) in [4.78, 5) is 21.9. The fourth-order valence-electron chi connectivity index (χ4n) is 2.84. The van der Waals surface area contributed by atoms with Gasteiger partial charge in [0.25, 0.3) is 0 Å². The van der Waals surface area contributed by atoms with Gasteiger partial charge in [-0.25, -0.2) is 9.37 Å². The third-order valence-corrected chi connectivity index (χ3v) is 4.48. The van der Waals surface area contributed by atoms with Crippen LogP contribution in [0, 0.1) is 5.82 Å². The molecule has 21 heavy (non-hydrogen) atoms. The number of thioether (sulfide) groups is 1. The van der Waals surface area contributed by atoms with Crippen molar-refractivity contribution < 1.29 is 9.18 Å². The molecule has 112 valence electrons. The summed E-state index contributed by atoms with van der Waals surface area (Å²) >= 11 is 1.68. The molecule has 1 saturated heterocycles. The number of nitrogens with one attached hydrogen (secondary N) is 1. The van der Waals surface area contributed by atoms with Crippen molar-refractivity contribution in [2.75, 3.05) is 18.6 Å². The highest BCUT2D eigenvalue weighted by Crippen LogP contribution is 2.32. The summed E-state index contributed by atoms with van der Waals surface area (Å²) in [6.07, 6.45) is 4.46. The zero-order valence-corrected chi connectivity index (χ0v) is 12.8. The van der Waals surface area contributed by atoms with Crippen LogP contribution in [-0.4, -0.2) is 39.3 Å². The second-order valence-electron chi connectivity index (χ2n) is 5.27. The van der Waals surface area contributed by atoms with Crippen molar-refractivity contribution in [3.8, 4) is 0 Å². The van der Waals surface area contributed by atoms with E-state index in [0.29, 0.717) is 11.9 Å². The SMILES string of the molecule is CSCCC(=O)N1CCCC1c1nc2ccc(F)cc2[nH]1. The molecule has 0 radical (unpaired) electrons. The number of rotatable bonds is 4. The molecule has 1 unspecified atom stereocenters. The number of nitrogens with zero attached hydrogens (tertiary/aromatic N) is 2. The van der Waals surface area contributed by atoms with Crippen molar-refractivity contribution in [3.63, 3.8) is 0 Å². The smallest absolute Gasteiger partial charge is 0.224 e. The van der Waals surface area contributed by atoms with Gasteiger partial charge in [0, 0.05) is 18.7 Å². The van der Waals surface area contributed by atoms with Crippen LogP contribution in [0.25, 0.3) is 11.0 Å². The molecule has 1 aliphatic rings. The van der Waals surface area contributed by atoms with Crippen molar-refractivity contribution in [1.82, 2.24) is 14.9 Å². The number of likely N-dealkylation sites (tertiary alicyclic amines) is 1. The van der Waals surface area contributed by atoms with Crippen LogP contribution in [-0.2, 0) is 4.79 Å². The summed E-state index contributed by atoms with van der Waals surface area (Å²) in [6, 6.07) is 4.51. The number of carbonyl (C=O) groups excluding carboxylic acids is 1. The summed E-state index contributed by atoms with van der Waals surface area (Å²) in [6.45, 7) is 0.781. The monoisotopic (exact) mass is 307 g/mol. The third kappa shape index (κ3) is 2.90. The first-order valence-corrected chi connectivity index (χ1v) is 8.52. The quantitative estimate of drug-likeness (QED) is 0.944. The van der Waals surface area contributed by atoms with Crippen LogP contribution in [0.5, 0.6) is 0 Å². The third-order valence-electron chi connectivity index (χ3n) is 3.87. The lowest BCUT2D eigenvalue weighted by Crippen LogP contribution is -2.31. The Labute approximate surface area is 127 Å². The number of imidazole rings is 1. The Morgan fingerprint density at radius 3 is 3.24 bits per heavy atom. The van der Waals surface area contributed by atoms with E-state index in [-0.39, 0.29) is 17.8 Å². The highest BCUT2D eigenvalue weighted by atomic mass is 32.2. The molecule has 1 amide bonds. The van der Waals surface area contributed by atoms with Crippen molar-refractivity contribution in [2.24, 2.45) is 0 Å². The first-order chi connectivity index (χ1) is 10.2. The van der Waals surface area contributed by atoms with Gasteiger partial charge in [-0.15, -0.1) is 0 Å². The highest BCUT2D eigenvalue weighted by molar-refractivity contribution is 7.98. The zero-order chi connectivity index (χ0) is 14.8. The zero-order valence-electron chi connectivity index (χ0n) is 11.9. The molecular formula is C15H18FN3OS. The lowest BCUT2D eigenvalue weighted by molar-refractivity contribution is -0.131. The minimum Gasteiger partial charge on any atom is -0.340 e. The van der Waals surface area contributed by atoms with Gasteiger partial charge in [0.1, 0.15) is 11.6 Å². The summed E-state index contributed by atoms with van der Waals surface area (Å²) in [5.74, 6) is 1.51. The van der Waals surface area contributed by atoms with E-state index in [1.807, 2.05) is 11.2 Å². The average molecular weight is 307 g/mol. The molecule has 1 aromatic carbocycles. The number of H-pyrrole nitrogens is 1. The topological polar surface area (TPSA) is 49.0 Å². The Morgan fingerprint density at radius 1 is 1.57 bits per heavy atom. The summed E-state index contributed by atoms with van der Waals surface area (Å²) in [5.41, 5.74) is 1.43. The van der Waals surface area contributed by atoms with Gasteiger partial charge in [0.05, 0.1) is 17.1 Å². The van der Waals surface area contributed by atoms with Gasteiger partial charge in [-0.3, -0.25) is 4.79 Å². The number of aromatic nitrogens is 2. The van der Waals surface area contributed by atoms with Gasteiger partial charge in [-0.2, -0.15) is 11.8 Å². The first-order valence-electron chi connectivity index (χ1n) is 7.12.